The fourth-order valence-electron chi connectivity index (χ4n) is 3.67. The number of phenolic OH excluding ortho intramolecular Hbond substituents is 1. The number of phenols is 1. The van der Waals surface area contributed by atoms with Gasteiger partial charge in [0.05, 0.1) is 0 Å². The van der Waals surface area contributed by atoms with Gasteiger partial charge in [-0.05, 0) is 46.1 Å². The van der Waals surface area contributed by atoms with E-state index in [1.165, 1.54) is 5.56 Å². The summed E-state index contributed by atoms with van der Waals surface area (Å²) in [7, 11) is 0. The summed E-state index contributed by atoms with van der Waals surface area (Å²) >= 11 is 0. The molecule has 0 unspecified atom stereocenters. The molecule has 1 heterocycles. The summed E-state index contributed by atoms with van der Waals surface area (Å²) in [6, 6.07) is 4.51. The summed E-state index contributed by atoms with van der Waals surface area (Å²) in [5, 5.41) is 24.0. The van der Waals surface area contributed by atoms with Crippen LogP contribution in [0.4, 0.5) is 0 Å². The molecule has 2 rings (SSSR count). The Bertz CT molecular complexity index is 550. The van der Waals surface area contributed by atoms with Gasteiger partial charge in [0.25, 0.3) is 0 Å². The van der Waals surface area contributed by atoms with Crippen LogP contribution in [-0.2, 0) is 10.8 Å². The number of nitrogens with one attached hydrogen (secondary N) is 1. The lowest BCUT2D eigenvalue weighted by molar-refractivity contribution is 0.141. The lowest BCUT2D eigenvalue weighted by Gasteiger charge is -2.37. The number of piperazine rings is 1. The van der Waals surface area contributed by atoms with Crippen LogP contribution in [0.2, 0.25) is 0 Å². The number of aliphatic hydroxyl groups is 1. The van der Waals surface area contributed by atoms with Crippen LogP contribution in [0.15, 0.2) is 12.1 Å². The van der Waals surface area contributed by atoms with Crippen LogP contribution < -0.4 is 5.32 Å². The SMILES string of the molecule is CC(C)(C)c1cc([C@@H](CCO)N2CCNCC2)cc(C(C)(C)C)c1O.Cl. The first kappa shape index (κ1) is 23.2. The zero-order valence-corrected chi connectivity index (χ0v) is 18.0. The van der Waals surface area contributed by atoms with Gasteiger partial charge in [-0.2, -0.15) is 0 Å². The molecule has 1 saturated heterocycles. The van der Waals surface area contributed by atoms with E-state index in [9.17, 15) is 10.2 Å². The van der Waals surface area contributed by atoms with Gasteiger partial charge in [0.1, 0.15) is 5.75 Å². The zero-order chi connectivity index (χ0) is 18.8. The minimum Gasteiger partial charge on any atom is -0.507 e. The molecule has 0 saturated carbocycles. The molecule has 1 aliphatic rings. The third-order valence-electron chi connectivity index (χ3n) is 5.13. The predicted molar refractivity (Wildman–Crippen MR) is 112 cm³/mol. The molecule has 0 radical (unpaired) electrons. The van der Waals surface area contributed by atoms with Gasteiger partial charge in [0.15, 0.2) is 0 Å². The minimum atomic E-state index is -0.132. The molecular weight excluding hydrogens is 348 g/mol. The zero-order valence-electron chi connectivity index (χ0n) is 17.2. The fourth-order valence-corrected chi connectivity index (χ4v) is 3.67. The first-order chi connectivity index (χ1) is 11.6. The average molecular weight is 385 g/mol. The number of halogens is 1. The normalized spacial score (nSPS) is 17.7. The number of hydrogen-bond acceptors (Lipinski definition) is 4. The van der Waals surface area contributed by atoms with Gasteiger partial charge in [-0.3, -0.25) is 4.90 Å². The smallest absolute Gasteiger partial charge is 0.123 e. The predicted octanol–water partition coefficient (Wildman–Crippen LogP) is 3.74. The number of benzene rings is 1. The molecule has 5 heteroatoms. The second-order valence-corrected chi connectivity index (χ2v) is 9.28. The Morgan fingerprint density at radius 1 is 1.00 bits per heavy atom. The van der Waals surface area contributed by atoms with Gasteiger partial charge >= 0.3 is 0 Å². The van der Waals surface area contributed by atoms with Crippen LogP contribution in [0.1, 0.15) is 70.7 Å². The molecule has 26 heavy (non-hydrogen) atoms. The molecular formula is C21H37ClN2O2. The van der Waals surface area contributed by atoms with Gasteiger partial charge < -0.3 is 15.5 Å². The second kappa shape index (κ2) is 8.92. The van der Waals surface area contributed by atoms with Crippen molar-refractivity contribution in [2.45, 2.75) is 64.8 Å². The Morgan fingerprint density at radius 2 is 1.46 bits per heavy atom. The van der Waals surface area contributed by atoms with Crippen LogP contribution in [-0.4, -0.2) is 47.9 Å². The third kappa shape index (κ3) is 5.35. The lowest BCUT2D eigenvalue weighted by Crippen LogP contribution is -2.45. The van der Waals surface area contributed by atoms with Crippen molar-refractivity contribution >= 4 is 12.4 Å². The van der Waals surface area contributed by atoms with E-state index in [4.69, 9.17) is 0 Å². The Balaban J connectivity index is 0.00000338. The number of hydrogen-bond donors (Lipinski definition) is 3. The maximum atomic E-state index is 10.9. The highest BCUT2D eigenvalue weighted by atomic mass is 35.5. The molecule has 1 aromatic rings. The highest BCUT2D eigenvalue weighted by Gasteiger charge is 2.30. The second-order valence-electron chi connectivity index (χ2n) is 9.28. The topological polar surface area (TPSA) is 55.7 Å². The minimum absolute atomic E-state index is 0. The molecule has 4 nitrogen and oxygen atoms in total. The number of nitrogens with zero attached hydrogens (tertiary/aromatic N) is 1. The van der Waals surface area contributed by atoms with E-state index in [1.54, 1.807) is 0 Å². The van der Waals surface area contributed by atoms with Crippen molar-refractivity contribution < 1.29 is 10.2 Å². The summed E-state index contributed by atoms with van der Waals surface area (Å²) in [6.07, 6.45) is 0.720. The first-order valence-electron chi connectivity index (χ1n) is 9.49. The van der Waals surface area contributed by atoms with Gasteiger partial charge in [-0.25, -0.2) is 0 Å². The van der Waals surface area contributed by atoms with E-state index in [0.29, 0.717) is 5.75 Å². The summed E-state index contributed by atoms with van der Waals surface area (Å²) < 4.78 is 0. The average Bonchev–Trinajstić information content (AvgIpc) is 2.51. The van der Waals surface area contributed by atoms with E-state index in [0.717, 1.165) is 43.7 Å². The summed E-state index contributed by atoms with van der Waals surface area (Å²) in [5.74, 6) is 0.423. The van der Waals surface area contributed by atoms with E-state index >= 15 is 0 Å². The largest absolute Gasteiger partial charge is 0.507 e. The van der Waals surface area contributed by atoms with Crippen molar-refractivity contribution in [2.24, 2.45) is 0 Å². The standard InChI is InChI=1S/C21H36N2O2.ClH/c1-20(2,3)16-13-15(14-17(19(16)25)21(4,5)6)18(7-12-24)23-10-8-22-9-11-23;/h13-14,18,22,24-25H,7-12H2,1-6H3;1H/t18-;/m1./s1. The fraction of sp³-hybridized carbons (Fsp3) is 0.714. The lowest BCUT2D eigenvalue weighted by atomic mass is 9.77. The maximum Gasteiger partial charge on any atom is 0.123 e. The van der Waals surface area contributed by atoms with Crippen LogP contribution in [0.25, 0.3) is 0 Å². The first-order valence-corrected chi connectivity index (χ1v) is 9.49. The molecule has 0 spiro atoms. The molecule has 1 fully saturated rings. The Hall–Kier alpha value is -0.810. The van der Waals surface area contributed by atoms with Gasteiger partial charge in [-0.15, -0.1) is 12.4 Å². The molecule has 0 aromatic heterocycles. The summed E-state index contributed by atoms with van der Waals surface area (Å²) in [4.78, 5) is 2.46. The number of aliphatic hydroxyl groups excluding tert-OH is 1. The van der Waals surface area contributed by atoms with Crippen molar-refractivity contribution in [3.8, 4) is 5.75 Å². The van der Waals surface area contributed by atoms with Crippen molar-refractivity contribution in [1.29, 1.82) is 0 Å². The Labute approximate surface area is 165 Å². The monoisotopic (exact) mass is 384 g/mol. The van der Waals surface area contributed by atoms with Gasteiger partial charge in [0, 0.05) is 38.8 Å². The van der Waals surface area contributed by atoms with Crippen LogP contribution >= 0.6 is 12.4 Å². The van der Waals surface area contributed by atoms with E-state index in [1.807, 2.05) is 0 Å². The third-order valence-corrected chi connectivity index (χ3v) is 5.13. The van der Waals surface area contributed by atoms with Gasteiger partial charge in [0.2, 0.25) is 0 Å². The number of aromatic hydroxyl groups is 1. The van der Waals surface area contributed by atoms with Crippen molar-refractivity contribution in [2.75, 3.05) is 32.8 Å². The summed E-state index contributed by atoms with van der Waals surface area (Å²) in [5.41, 5.74) is 2.94. The van der Waals surface area contributed by atoms with Gasteiger partial charge in [-0.1, -0.05) is 41.5 Å². The summed E-state index contributed by atoms with van der Waals surface area (Å²) in [6.45, 7) is 17.0. The highest BCUT2D eigenvalue weighted by Crippen LogP contribution is 2.42. The Morgan fingerprint density at radius 3 is 1.85 bits per heavy atom. The van der Waals surface area contributed by atoms with Crippen LogP contribution in [0.3, 0.4) is 0 Å². The highest BCUT2D eigenvalue weighted by molar-refractivity contribution is 5.85. The Kier molecular flexibility index (Phi) is 7.97. The molecule has 150 valence electrons. The van der Waals surface area contributed by atoms with Crippen molar-refractivity contribution in [1.82, 2.24) is 10.2 Å². The molecule has 1 atom stereocenters. The molecule has 3 N–H and O–H groups in total. The molecule has 0 amide bonds. The maximum absolute atomic E-state index is 10.9. The quantitative estimate of drug-likeness (QED) is 0.740. The van der Waals surface area contributed by atoms with E-state index in [-0.39, 0.29) is 35.9 Å². The molecule has 1 aromatic carbocycles. The van der Waals surface area contributed by atoms with Crippen molar-refractivity contribution in [3.63, 3.8) is 0 Å². The van der Waals surface area contributed by atoms with Crippen LogP contribution in [0, 0.1) is 0 Å². The van der Waals surface area contributed by atoms with E-state index in [2.05, 4.69) is 63.9 Å². The molecule has 0 bridgehead atoms. The van der Waals surface area contributed by atoms with Crippen LogP contribution in [0.5, 0.6) is 5.75 Å². The molecule has 0 aliphatic carbocycles. The number of rotatable bonds is 4. The molecule has 1 aliphatic heterocycles. The van der Waals surface area contributed by atoms with E-state index < -0.39 is 0 Å². The van der Waals surface area contributed by atoms with Crippen molar-refractivity contribution in [3.05, 3.63) is 28.8 Å².